The molecule has 2 aliphatic rings. The van der Waals surface area contributed by atoms with Gasteiger partial charge in [0.2, 0.25) is 5.91 Å². The number of hydrogen-bond acceptors (Lipinski definition) is 3. The molecule has 6 nitrogen and oxygen atoms in total. The lowest BCUT2D eigenvalue weighted by Gasteiger charge is -2.44. The van der Waals surface area contributed by atoms with E-state index in [1.54, 1.807) is 4.90 Å². The molecule has 2 aromatic rings. The van der Waals surface area contributed by atoms with E-state index in [1.165, 1.54) is 0 Å². The highest BCUT2D eigenvalue weighted by atomic mass is 16.5. The number of nitrogens with one attached hydrogen (secondary N) is 1. The van der Waals surface area contributed by atoms with Gasteiger partial charge in [0.1, 0.15) is 11.2 Å². The first-order valence-corrected chi connectivity index (χ1v) is 11.2. The summed E-state index contributed by atoms with van der Waals surface area (Å²) in [5.41, 5.74) is 0.738. The molecule has 0 bridgehead atoms. The summed E-state index contributed by atoms with van der Waals surface area (Å²) in [6.07, 6.45) is 5.22. The minimum atomic E-state index is -0.924. The maximum absolute atomic E-state index is 13.6. The normalized spacial score (nSPS) is 22.1. The van der Waals surface area contributed by atoms with Crippen molar-refractivity contribution in [3.05, 3.63) is 36.0 Å². The Morgan fingerprint density at radius 1 is 1.27 bits per heavy atom. The van der Waals surface area contributed by atoms with Crippen LogP contribution in [0, 0.1) is 0 Å². The Hall–Kier alpha value is -2.34. The predicted molar refractivity (Wildman–Crippen MR) is 117 cm³/mol. The third-order valence-corrected chi connectivity index (χ3v) is 6.49. The van der Waals surface area contributed by atoms with Crippen molar-refractivity contribution in [1.82, 2.24) is 14.8 Å². The van der Waals surface area contributed by atoms with Crippen LogP contribution in [0.25, 0.3) is 10.9 Å². The summed E-state index contributed by atoms with van der Waals surface area (Å²) in [5, 5.41) is 4.27. The van der Waals surface area contributed by atoms with E-state index >= 15 is 0 Å². The van der Waals surface area contributed by atoms with Gasteiger partial charge < -0.3 is 19.5 Å². The summed E-state index contributed by atoms with van der Waals surface area (Å²) in [6.45, 7) is 7.46. The van der Waals surface area contributed by atoms with Gasteiger partial charge in [-0.05, 0) is 52.2 Å². The van der Waals surface area contributed by atoms with Gasteiger partial charge in [0.05, 0.1) is 12.6 Å². The fourth-order valence-electron chi connectivity index (χ4n) is 4.81. The molecule has 1 saturated carbocycles. The van der Waals surface area contributed by atoms with Gasteiger partial charge in [-0.25, -0.2) is 0 Å². The number of fused-ring (bicyclic) bond motifs is 3. The molecule has 4 rings (SSSR count). The number of hydrogen-bond donors (Lipinski definition) is 1. The van der Waals surface area contributed by atoms with Gasteiger partial charge in [-0.3, -0.25) is 9.59 Å². The summed E-state index contributed by atoms with van der Waals surface area (Å²) in [4.78, 5) is 28.8. The Morgan fingerprint density at radius 2 is 2.00 bits per heavy atom. The Bertz CT molecular complexity index is 929. The Balaban J connectivity index is 1.64. The van der Waals surface area contributed by atoms with Crippen molar-refractivity contribution in [3.63, 3.8) is 0 Å². The van der Waals surface area contributed by atoms with E-state index in [9.17, 15) is 9.59 Å². The number of aromatic nitrogens is 1. The van der Waals surface area contributed by atoms with Crippen LogP contribution in [0.3, 0.4) is 0 Å². The summed E-state index contributed by atoms with van der Waals surface area (Å²) in [6, 6.07) is 10.2. The van der Waals surface area contributed by atoms with Gasteiger partial charge in [0.15, 0.2) is 0 Å². The number of carbonyl (C=O) groups excluding carboxylic acids is 2. The summed E-state index contributed by atoms with van der Waals surface area (Å²) in [5.74, 6) is -0.123. The van der Waals surface area contributed by atoms with Gasteiger partial charge in [-0.1, -0.05) is 31.0 Å². The lowest BCUT2D eigenvalue weighted by molar-refractivity contribution is -0.133. The third kappa shape index (κ3) is 3.85. The van der Waals surface area contributed by atoms with E-state index in [-0.39, 0.29) is 24.0 Å². The minimum absolute atomic E-state index is 0.0454. The van der Waals surface area contributed by atoms with Gasteiger partial charge in [-0.2, -0.15) is 0 Å². The molecule has 1 aliphatic heterocycles. The maximum atomic E-state index is 13.6. The van der Waals surface area contributed by atoms with Crippen LogP contribution in [0.1, 0.15) is 63.4 Å². The second kappa shape index (κ2) is 8.42. The molecule has 2 heterocycles. The molecular weight excluding hydrogens is 378 g/mol. The third-order valence-electron chi connectivity index (χ3n) is 6.49. The molecule has 1 N–H and O–H groups in total. The SMILES string of the molecule is CC(C)OCCCN1C(=O)c2cc3ccccc3n2CC1(C)C(=O)NC1CCCC1. The van der Waals surface area contributed by atoms with E-state index in [2.05, 4.69) is 5.32 Å². The molecule has 2 amide bonds. The number of ether oxygens (including phenoxy) is 1. The average Bonchev–Trinajstić information content (AvgIpc) is 3.35. The monoisotopic (exact) mass is 411 g/mol. The molecule has 30 heavy (non-hydrogen) atoms. The van der Waals surface area contributed by atoms with E-state index in [0.29, 0.717) is 31.8 Å². The summed E-state index contributed by atoms with van der Waals surface area (Å²) >= 11 is 0. The van der Waals surface area contributed by atoms with Gasteiger partial charge >= 0.3 is 0 Å². The number of rotatable bonds is 7. The van der Waals surface area contributed by atoms with Crippen molar-refractivity contribution in [2.75, 3.05) is 13.2 Å². The van der Waals surface area contributed by atoms with E-state index in [4.69, 9.17) is 4.74 Å². The largest absolute Gasteiger partial charge is 0.379 e. The second-order valence-electron chi connectivity index (χ2n) is 9.13. The van der Waals surface area contributed by atoms with Crippen LogP contribution in [0.15, 0.2) is 30.3 Å². The quantitative estimate of drug-likeness (QED) is 0.706. The fourth-order valence-corrected chi connectivity index (χ4v) is 4.81. The number of nitrogens with zero attached hydrogens (tertiary/aromatic N) is 2. The highest BCUT2D eigenvalue weighted by Crippen LogP contribution is 2.33. The second-order valence-corrected chi connectivity index (χ2v) is 9.13. The first-order valence-electron chi connectivity index (χ1n) is 11.2. The molecule has 1 fully saturated rings. The zero-order valence-electron chi connectivity index (χ0n) is 18.3. The molecule has 6 heteroatoms. The Labute approximate surface area is 178 Å². The van der Waals surface area contributed by atoms with E-state index < -0.39 is 5.54 Å². The molecular formula is C24H33N3O3. The molecule has 162 valence electrons. The zero-order chi connectivity index (χ0) is 21.3. The Morgan fingerprint density at radius 3 is 2.73 bits per heavy atom. The maximum Gasteiger partial charge on any atom is 0.271 e. The first kappa shape index (κ1) is 20.9. The number of para-hydroxylation sites is 1. The van der Waals surface area contributed by atoms with Crippen molar-refractivity contribution in [1.29, 1.82) is 0 Å². The molecule has 1 aromatic heterocycles. The van der Waals surface area contributed by atoms with E-state index in [1.807, 2.05) is 55.7 Å². The topological polar surface area (TPSA) is 63.6 Å². The van der Waals surface area contributed by atoms with Gasteiger partial charge in [0.25, 0.3) is 5.91 Å². The molecule has 1 aliphatic carbocycles. The van der Waals surface area contributed by atoms with E-state index in [0.717, 1.165) is 36.6 Å². The Kier molecular flexibility index (Phi) is 5.87. The van der Waals surface area contributed by atoms with Gasteiger partial charge in [0, 0.05) is 30.1 Å². The standard InChI is InChI=1S/C24H33N3O3/c1-17(2)30-14-8-13-27-22(28)21-15-18-9-4-7-12-20(18)26(21)16-24(27,3)23(29)25-19-10-5-6-11-19/h4,7,9,12,15,17,19H,5-6,8,10-11,13-14,16H2,1-3H3,(H,25,29). The van der Waals surface area contributed by atoms with Crippen LogP contribution >= 0.6 is 0 Å². The molecule has 0 radical (unpaired) electrons. The smallest absolute Gasteiger partial charge is 0.271 e. The number of carbonyl (C=O) groups is 2. The molecule has 1 aromatic carbocycles. The molecule has 1 unspecified atom stereocenters. The van der Waals surface area contributed by atoms with Crippen LogP contribution in [0.5, 0.6) is 0 Å². The van der Waals surface area contributed by atoms with Crippen LogP contribution in [0.2, 0.25) is 0 Å². The average molecular weight is 412 g/mol. The van der Waals surface area contributed by atoms with Crippen LogP contribution in [-0.4, -0.2) is 52.1 Å². The van der Waals surface area contributed by atoms with Crippen LogP contribution in [0.4, 0.5) is 0 Å². The number of benzene rings is 1. The van der Waals surface area contributed by atoms with Crippen molar-refractivity contribution < 1.29 is 14.3 Å². The summed E-state index contributed by atoms with van der Waals surface area (Å²) < 4.78 is 7.70. The van der Waals surface area contributed by atoms with Crippen LogP contribution in [-0.2, 0) is 16.1 Å². The highest BCUT2D eigenvalue weighted by molar-refractivity contribution is 6.03. The van der Waals surface area contributed by atoms with Crippen molar-refractivity contribution >= 4 is 22.7 Å². The lowest BCUT2D eigenvalue weighted by atomic mass is 9.94. The molecule has 1 atom stereocenters. The van der Waals surface area contributed by atoms with Crippen molar-refractivity contribution in [3.8, 4) is 0 Å². The zero-order valence-corrected chi connectivity index (χ0v) is 18.3. The summed E-state index contributed by atoms with van der Waals surface area (Å²) in [7, 11) is 0. The number of amides is 2. The van der Waals surface area contributed by atoms with Crippen LogP contribution < -0.4 is 5.32 Å². The van der Waals surface area contributed by atoms with Crippen molar-refractivity contribution in [2.24, 2.45) is 0 Å². The molecule has 0 saturated heterocycles. The highest BCUT2D eigenvalue weighted by Gasteiger charge is 2.47. The minimum Gasteiger partial charge on any atom is -0.379 e. The van der Waals surface area contributed by atoms with Crippen molar-refractivity contribution in [2.45, 2.75) is 77.1 Å². The molecule has 0 spiro atoms. The first-order chi connectivity index (χ1) is 14.4. The predicted octanol–water partition coefficient (Wildman–Crippen LogP) is 3.73. The lowest BCUT2D eigenvalue weighted by Crippen LogP contribution is -2.65. The fraction of sp³-hybridized carbons (Fsp3) is 0.583. The van der Waals surface area contributed by atoms with Gasteiger partial charge in [-0.15, -0.1) is 0 Å².